The summed E-state index contributed by atoms with van der Waals surface area (Å²) < 4.78 is 24.8. The highest BCUT2D eigenvalue weighted by atomic mass is 35.5. The topological polar surface area (TPSA) is 69.2 Å². The van der Waals surface area contributed by atoms with Crippen molar-refractivity contribution < 1.29 is 13.7 Å². The fraction of sp³-hybridized carbons (Fsp3) is 0.333. The fourth-order valence-electron chi connectivity index (χ4n) is 1.15. The van der Waals surface area contributed by atoms with Crippen molar-refractivity contribution in [1.82, 2.24) is 0 Å². The largest absolute Gasteiger partial charge is 0.324 e. The molecule has 0 saturated heterocycles. The summed E-state index contributed by atoms with van der Waals surface area (Å²) in [6.45, 7) is 1.58. The molecule has 0 fully saturated rings. The number of rotatable bonds is 3. The van der Waals surface area contributed by atoms with E-state index in [-0.39, 0.29) is 23.7 Å². The molecule has 1 aromatic carbocycles. The van der Waals surface area contributed by atoms with Crippen molar-refractivity contribution in [3.63, 3.8) is 0 Å². The Morgan fingerprint density at radius 1 is 1.31 bits per heavy atom. The molecule has 16 heavy (non-hydrogen) atoms. The second-order valence-electron chi connectivity index (χ2n) is 3.20. The summed E-state index contributed by atoms with van der Waals surface area (Å²) in [5.74, 6) is 0. The number of alkyl halides is 2. The van der Waals surface area contributed by atoms with Crippen molar-refractivity contribution in [1.29, 1.82) is 0 Å². The van der Waals surface area contributed by atoms with E-state index in [0.717, 1.165) is 6.07 Å². The SMILES string of the molecule is CC(N)c1cc(C(F)F)cc([N+](=O)[O-])c1.Cl. The van der Waals surface area contributed by atoms with Gasteiger partial charge in [-0.1, -0.05) is 0 Å². The number of nitrogens with two attached hydrogens (primary N) is 1. The molecule has 0 amide bonds. The van der Waals surface area contributed by atoms with Gasteiger partial charge in [0.05, 0.1) is 4.92 Å². The van der Waals surface area contributed by atoms with Crippen LogP contribution in [0.4, 0.5) is 14.5 Å². The van der Waals surface area contributed by atoms with E-state index in [1.54, 1.807) is 6.92 Å². The third-order valence-corrected chi connectivity index (χ3v) is 1.95. The van der Waals surface area contributed by atoms with Crippen LogP contribution in [-0.2, 0) is 0 Å². The molecule has 0 heterocycles. The van der Waals surface area contributed by atoms with Crippen molar-refractivity contribution in [2.24, 2.45) is 5.73 Å². The van der Waals surface area contributed by atoms with Crippen molar-refractivity contribution in [3.8, 4) is 0 Å². The molecule has 0 aliphatic heterocycles. The molecule has 0 aliphatic carbocycles. The highest BCUT2D eigenvalue weighted by Gasteiger charge is 2.16. The van der Waals surface area contributed by atoms with Crippen LogP contribution in [0.3, 0.4) is 0 Å². The number of hydrogen-bond donors (Lipinski definition) is 1. The van der Waals surface area contributed by atoms with Crippen LogP contribution in [0.2, 0.25) is 0 Å². The minimum absolute atomic E-state index is 0. The number of nitro groups is 1. The molecule has 7 heteroatoms. The number of hydrogen-bond acceptors (Lipinski definition) is 3. The van der Waals surface area contributed by atoms with Gasteiger partial charge in [-0.25, -0.2) is 8.78 Å². The monoisotopic (exact) mass is 252 g/mol. The molecular formula is C9H11ClF2N2O2. The lowest BCUT2D eigenvalue weighted by molar-refractivity contribution is -0.385. The summed E-state index contributed by atoms with van der Waals surface area (Å²) in [6.07, 6.45) is -2.73. The molecule has 0 radical (unpaired) electrons. The summed E-state index contributed by atoms with van der Waals surface area (Å²) in [5.41, 5.74) is 5.08. The van der Waals surface area contributed by atoms with Crippen LogP contribution in [0.5, 0.6) is 0 Å². The molecule has 0 aliphatic rings. The number of nitro benzene ring substituents is 1. The first-order valence-corrected chi connectivity index (χ1v) is 4.25. The van der Waals surface area contributed by atoms with Crippen molar-refractivity contribution in [2.75, 3.05) is 0 Å². The zero-order valence-corrected chi connectivity index (χ0v) is 9.21. The summed E-state index contributed by atoms with van der Waals surface area (Å²) >= 11 is 0. The third kappa shape index (κ3) is 3.39. The Labute approximate surface area is 97.0 Å². The summed E-state index contributed by atoms with van der Waals surface area (Å²) in [5, 5.41) is 10.5. The molecule has 2 N–H and O–H groups in total. The van der Waals surface area contributed by atoms with Gasteiger partial charge in [-0.15, -0.1) is 12.4 Å². The van der Waals surface area contributed by atoms with E-state index in [1.165, 1.54) is 12.1 Å². The second kappa shape index (κ2) is 5.72. The maximum atomic E-state index is 12.4. The van der Waals surface area contributed by atoms with Gasteiger partial charge in [0, 0.05) is 23.7 Å². The fourth-order valence-corrected chi connectivity index (χ4v) is 1.15. The standard InChI is InChI=1S/C9H10F2N2O2.ClH/c1-5(12)6-2-7(9(10)11)4-8(3-6)13(14)15;/h2-5,9H,12H2,1H3;1H. The van der Waals surface area contributed by atoms with E-state index < -0.39 is 17.4 Å². The maximum absolute atomic E-state index is 12.4. The molecule has 1 aromatic rings. The molecule has 0 aromatic heterocycles. The zero-order chi connectivity index (χ0) is 11.6. The van der Waals surface area contributed by atoms with Crippen LogP contribution >= 0.6 is 12.4 Å². The average molecular weight is 253 g/mol. The predicted molar refractivity (Wildman–Crippen MR) is 57.9 cm³/mol. The van der Waals surface area contributed by atoms with Crippen LogP contribution in [0.1, 0.15) is 30.5 Å². The van der Waals surface area contributed by atoms with Gasteiger partial charge in [-0.05, 0) is 18.6 Å². The van der Waals surface area contributed by atoms with E-state index in [4.69, 9.17) is 5.73 Å². The maximum Gasteiger partial charge on any atom is 0.270 e. The number of nitrogens with zero attached hydrogens (tertiary/aromatic N) is 1. The van der Waals surface area contributed by atoms with Gasteiger partial charge in [0.25, 0.3) is 12.1 Å². The molecule has 90 valence electrons. The van der Waals surface area contributed by atoms with E-state index >= 15 is 0 Å². The van der Waals surface area contributed by atoms with Crippen LogP contribution in [0, 0.1) is 10.1 Å². The number of halogens is 3. The molecule has 0 spiro atoms. The normalized spacial score (nSPS) is 12.1. The Morgan fingerprint density at radius 2 is 1.81 bits per heavy atom. The van der Waals surface area contributed by atoms with Gasteiger partial charge in [0.1, 0.15) is 0 Å². The van der Waals surface area contributed by atoms with Gasteiger partial charge in [-0.2, -0.15) is 0 Å². The van der Waals surface area contributed by atoms with Crippen LogP contribution in [0.25, 0.3) is 0 Å². The minimum Gasteiger partial charge on any atom is -0.324 e. The van der Waals surface area contributed by atoms with Crippen LogP contribution < -0.4 is 5.73 Å². The van der Waals surface area contributed by atoms with Gasteiger partial charge < -0.3 is 5.73 Å². The molecular weight excluding hydrogens is 242 g/mol. The molecule has 1 rings (SSSR count). The zero-order valence-electron chi connectivity index (χ0n) is 8.39. The molecule has 1 unspecified atom stereocenters. The highest BCUT2D eigenvalue weighted by Crippen LogP contribution is 2.27. The predicted octanol–water partition coefficient (Wildman–Crippen LogP) is 2.97. The van der Waals surface area contributed by atoms with Crippen molar-refractivity contribution in [2.45, 2.75) is 19.4 Å². The third-order valence-electron chi connectivity index (χ3n) is 1.95. The number of non-ortho nitro benzene ring substituents is 1. The summed E-state index contributed by atoms with van der Waals surface area (Å²) in [6, 6.07) is 2.73. The Hall–Kier alpha value is -1.27. The first-order chi connectivity index (χ1) is 6.91. The smallest absolute Gasteiger partial charge is 0.270 e. The van der Waals surface area contributed by atoms with E-state index in [9.17, 15) is 18.9 Å². The Bertz CT molecular complexity index is 360. The van der Waals surface area contributed by atoms with Gasteiger partial charge in [-0.3, -0.25) is 10.1 Å². The Kier molecular flexibility index (Phi) is 5.26. The lowest BCUT2D eigenvalue weighted by Crippen LogP contribution is -2.06. The first kappa shape index (κ1) is 14.7. The van der Waals surface area contributed by atoms with Gasteiger partial charge in [0.2, 0.25) is 0 Å². The van der Waals surface area contributed by atoms with E-state index in [2.05, 4.69) is 0 Å². The lowest BCUT2D eigenvalue weighted by atomic mass is 10.0. The van der Waals surface area contributed by atoms with Crippen LogP contribution in [0.15, 0.2) is 18.2 Å². The lowest BCUT2D eigenvalue weighted by Gasteiger charge is -2.07. The molecule has 1 atom stereocenters. The summed E-state index contributed by atoms with van der Waals surface area (Å²) in [4.78, 5) is 9.76. The quantitative estimate of drug-likeness (QED) is 0.664. The van der Waals surface area contributed by atoms with E-state index in [0.29, 0.717) is 5.56 Å². The second-order valence-corrected chi connectivity index (χ2v) is 3.20. The number of benzene rings is 1. The summed E-state index contributed by atoms with van der Waals surface area (Å²) in [7, 11) is 0. The molecule has 0 bridgehead atoms. The van der Waals surface area contributed by atoms with Crippen molar-refractivity contribution in [3.05, 3.63) is 39.4 Å². The molecule has 0 saturated carbocycles. The minimum atomic E-state index is -2.73. The van der Waals surface area contributed by atoms with Crippen molar-refractivity contribution >= 4 is 18.1 Å². The highest BCUT2D eigenvalue weighted by molar-refractivity contribution is 5.85. The van der Waals surface area contributed by atoms with Crippen LogP contribution in [-0.4, -0.2) is 4.92 Å². The Morgan fingerprint density at radius 3 is 2.19 bits per heavy atom. The average Bonchev–Trinajstić information content (AvgIpc) is 2.16. The van der Waals surface area contributed by atoms with Gasteiger partial charge >= 0.3 is 0 Å². The first-order valence-electron chi connectivity index (χ1n) is 4.25. The molecule has 4 nitrogen and oxygen atoms in total. The van der Waals surface area contributed by atoms with E-state index in [1.807, 2.05) is 0 Å². The van der Waals surface area contributed by atoms with Gasteiger partial charge in [0.15, 0.2) is 0 Å². The Balaban J connectivity index is 0.00000225.